The van der Waals surface area contributed by atoms with E-state index in [0.29, 0.717) is 5.92 Å². The molecule has 0 aliphatic carbocycles. The average molecular weight is 261 g/mol. The first kappa shape index (κ1) is 14.5. The van der Waals surface area contributed by atoms with Crippen LogP contribution in [-0.2, 0) is 11.2 Å². The van der Waals surface area contributed by atoms with Gasteiger partial charge in [0, 0.05) is 12.0 Å². The van der Waals surface area contributed by atoms with Gasteiger partial charge in [0.05, 0.1) is 11.2 Å². The van der Waals surface area contributed by atoms with Crippen molar-refractivity contribution in [1.82, 2.24) is 0 Å². The molecule has 2 atom stereocenters. The van der Waals surface area contributed by atoms with Crippen LogP contribution in [0.15, 0.2) is 24.3 Å². The number of aryl methyl sites for hydroxylation is 1. The van der Waals surface area contributed by atoms with E-state index in [2.05, 4.69) is 58.9 Å². The zero-order valence-electron chi connectivity index (χ0n) is 12.9. The van der Waals surface area contributed by atoms with Gasteiger partial charge in [-0.25, -0.2) is 0 Å². The highest BCUT2D eigenvalue weighted by atomic mass is 16.5. The van der Waals surface area contributed by atoms with Crippen LogP contribution in [0, 0.1) is 5.92 Å². The van der Waals surface area contributed by atoms with Gasteiger partial charge in [-0.15, -0.1) is 0 Å². The predicted octanol–water partition coefficient (Wildman–Crippen LogP) is 3.84. The third-order valence-corrected chi connectivity index (χ3v) is 4.37. The van der Waals surface area contributed by atoms with Crippen molar-refractivity contribution in [2.45, 2.75) is 64.7 Å². The second kappa shape index (κ2) is 4.92. The van der Waals surface area contributed by atoms with Gasteiger partial charge < -0.3 is 10.5 Å². The molecule has 0 spiro atoms. The van der Waals surface area contributed by atoms with Crippen LogP contribution in [0.1, 0.15) is 58.2 Å². The third kappa shape index (κ3) is 2.85. The van der Waals surface area contributed by atoms with Gasteiger partial charge in [0.15, 0.2) is 0 Å². The van der Waals surface area contributed by atoms with Crippen molar-refractivity contribution in [2.75, 3.05) is 0 Å². The molecule has 0 aromatic heterocycles. The standard InChI is InChI=1S/C17H27NO/c1-6-12-9-7-8-10-13(12)15(18)14-11-16(2,3)19-17(14,4)5/h7-10,14-15H,6,11,18H2,1-5H3. The lowest BCUT2D eigenvalue weighted by Gasteiger charge is -2.32. The first-order valence-electron chi connectivity index (χ1n) is 7.30. The molecular weight excluding hydrogens is 234 g/mol. The monoisotopic (exact) mass is 261 g/mol. The number of benzene rings is 1. The van der Waals surface area contributed by atoms with Crippen LogP contribution in [-0.4, -0.2) is 11.2 Å². The fourth-order valence-electron chi connectivity index (χ4n) is 3.56. The smallest absolute Gasteiger partial charge is 0.0680 e. The van der Waals surface area contributed by atoms with Crippen LogP contribution in [0.5, 0.6) is 0 Å². The maximum Gasteiger partial charge on any atom is 0.0680 e. The molecular formula is C17H27NO. The van der Waals surface area contributed by atoms with Crippen molar-refractivity contribution >= 4 is 0 Å². The van der Waals surface area contributed by atoms with Gasteiger partial charge >= 0.3 is 0 Å². The lowest BCUT2D eigenvalue weighted by molar-refractivity contribution is -0.0767. The Balaban J connectivity index is 2.31. The van der Waals surface area contributed by atoms with Gasteiger partial charge in [-0.3, -0.25) is 0 Å². The molecule has 0 amide bonds. The quantitative estimate of drug-likeness (QED) is 0.897. The number of nitrogens with two attached hydrogens (primary N) is 1. The molecule has 2 N–H and O–H groups in total. The van der Waals surface area contributed by atoms with Crippen molar-refractivity contribution in [3.05, 3.63) is 35.4 Å². The van der Waals surface area contributed by atoms with Gasteiger partial charge in [-0.05, 0) is 51.7 Å². The summed E-state index contributed by atoms with van der Waals surface area (Å²) in [4.78, 5) is 0. The molecule has 0 bridgehead atoms. The summed E-state index contributed by atoms with van der Waals surface area (Å²) < 4.78 is 6.18. The lowest BCUT2D eigenvalue weighted by atomic mass is 9.78. The summed E-state index contributed by atoms with van der Waals surface area (Å²) in [6, 6.07) is 8.58. The van der Waals surface area contributed by atoms with Gasteiger partial charge in [-0.1, -0.05) is 31.2 Å². The summed E-state index contributed by atoms with van der Waals surface area (Å²) in [6.45, 7) is 10.8. The molecule has 0 saturated carbocycles. The Morgan fingerprint density at radius 2 is 1.89 bits per heavy atom. The number of hydrogen-bond acceptors (Lipinski definition) is 2. The molecule has 106 valence electrons. The zero-order chi connectivity index (χ0) is 14.3. The highest BCUT2D eigenvalue weighted by Gasteiger charge is 2.48. The first-order chi connectivity index (χ1) is 8.77. The Morgan fingerprint density at radius 1 is 1.26 bits per heavy atom. The molecule has 1 aliphatic rings. The fourth-order valence-corrected chi connectivity index (χ4v) is 3.56. The van der Waals surface area contributed by atoms with Crippen molar-refractivity contribution < 1.29 is 4.74 Å². The largest absolute Gasteiger partial charge is 0.369 e. The molecule has 2 rings (SSSR count). The molecule has 0 radical (unpaired) electrons. The summed E-state index contributed by atoms with van der Waals surface area (Å²) in [6.07, 6.45) is 2.04. The maximum atomic E-state index is 6.59. The topological polar surface area (TPSA) is 35.2 Å². The van der Waals surface area contributed by atoms with Crippen LogP contribution in [0.4, 0.5) is 0 Å². The normalized spacial score (nSPS) is 26.3. The SMILES string of the molecule is CCc1ccccc1C(N)C1CC(C)(C)OC1(C)C. The van der Waals surface area contributed by atoms with E-state index in [-0.39, 0.29) is 17.2 Å². The van der Waals surface area contributed by atoms with Crippen molar-refractivity contribution in [3.63, 3.8) is 0 Å². The van der Waals surface area contributed by atoms with Gasteiger partial charge in [0.25, 0.3) is 0 Å². The van der Waals surface area contributed by atoms with Crippen LogP contribution in [0.3, 0.4) is 0 Å². The Labute approximate surface area is 117 Å². The number of rotatable bonds is 3. The molecule has 19 heavy (non-hydrogen) atoms. The van der Waals surface area contributed by atoms with E-state index in [9.17, 15) is 0 Å². The summed E-state index contributed by atoms with van der Waals surface area (Å²) >= 11 is 0. The van der Waals surface area contributed by atoms with E-state index in [1.54, 1.807) is 0 Å². The Hall–Kier alpha value is -0.860. The molecule has 1 aromatic carbocycles. The van der Waals surface area contributed by atoms with Crippen molar-refractivity contribution in [1.29, 1.82) is 0 Å². The maximum absolute atomic E-state index is 6.59. The zero-order valence-corrected chi connectivity index (χ0v) is 12.9. The van der Waals surface area contributed by atoms with Gasteiger partial charge in [0.1, 0.15) is 0 Å². The van der Waals surface area contributed by atoms with Crippen molar-refractivity contribution in [3.8, 4) is 0 Å². The minimum atomic E-state index is -0.163. The van der Waals surface area contributed by atoms with Crippen LogP contribution in [0.2, 0.25) is 0 Å². The van der Waals surface area contributed by atoms with Gasteiger partial charge in [0.2, 0.25) is 0 Å². The summed E-state index contributed by atoms with van der Waals surface area (Å²) in [7, 11) is 0. The third-order valence-electron chi connectivity index (χ3n) is 4.37. The van der Waals surface area contributed by atoms with E-state index in [0.717, 1.165) is 12.8 Å². The summed E-state index contributed by atoms with van der Waals surface area (Å²) in [5.41, 5.74) is 8.99. The molecule has 2 unspecified atom stereocenters. The Bertz CT molecular complexity index is 450. The molecule has 2 heteroatoms. The molecule has 1 heterocycles. The fraction of sp³-hybridized carbons (Fsp3) is 0.647. The number of hydrogen-bond donors (Lipinski definition) is 1. The van der Waals surface area contributed by atoms with Crippen LogP contribution >= 0.6 is 0 Å². The second-order valence-electron chi connectivity index (χ2n) is 6.85. The van der Waals surface area contributed by atoms with Gasteiger partial charge in [-0.2, -0.15) is 0 Å². The molecule has 1 saturated heterocycles. The van der Waals surface area contributed by atoms with E-state index in [1.165, 1.54) is 11.1 Å². The summed E-state index contributed by atoms with van der Waals surface area (Å²) in [5, 5.41) is 0. The minimum Gasteiger partial charge on any atom is -0.369 e. The Kier molecular flexibility index (Phi) is 3.76. The minimum absolute atomic E-state index is 0.0490. The molecule has 1 fully saturated rings. The van der Waals surface area contributed by atoms with Crippen molar-refractivity contribution in [2.24, 2.45) is 11.7 Å². The Morgan fingerprint density at radius 3 is 2.42 bits per heavy atom. The van der Waals surface area contributed by atoms with Crippen LogP contribution < -0.4 is 5.73 Å². The molecule has 2 nitrogen and oxygen atoms in total. The highest BCUT2D eigenvalue weighted by molar-refractivity contribution is 5.31. The lowest BCUT2D eigenvalue weighted by Crippen LogP contribution is -2.36. The molecule has 1 aliphatic heterocycles. The predicted molar refractivity (Wildman–Crippen MR) is 80.1 cm³/mol. The summed E-state index contributed by atoms with van der Waals surface area (Å²) in [5.74, 6) is 0.357. The van der Waals surface area contributed by atoms with E-state index in [1.807, 2.05) is 0 Å². The average Bonchev–Trinajstić information content (AvgIpc) is 2.56. The van der Waals surface area contributed by atoms with E-state index >= 15 is 0 Å². The number of ether oxygens (including phenoxy) is 1. The van der Waals surface area contributed by atoms with E-state index < -0.39 is 0 Å². The second-order valence-corrected chi connectivity index (χ2v) is 6.85. The van der Waals surface area contributed by atoms with Crippen LogP contribution in [0.25, 0.3) is 0 Å². The molecule has 1 aromatic rings. The highest BCUT2D eigenvalue weighted by Crippen LogP contribution is 2.47. The first-order valence-corrected chi connectivity index (χ1v) is 7.30. The van der Waals surface area contributed by atoms with E-state index in [4.69, 9.17) is 10.5 Å².